The average Bonchev–Trinajstić information content (AvgIpc) is 3.76. The molecule has 4 aromatic carbocycles. The zero-order valence-electron chi connectivity index (χ0n) is 34.6. The first kappa shape index (κ1) is 44.0. The summed E-state index contributed by atoms with van der Waals surface area (Å²) in [7, 11) is 3.68. The molecule has 3 N–H and O–H groups in total. The van der Waals surface area contributed by atoms with E-state index in [4.69, 9.17) is 34.2 Å². The van der Waals surface area contributed by atoms with Gasteiger partial charge in [0.25, 0.3) is 0 Å². The number of cyclic esters (lactones) is 1. The number of nitrogens with zero attached hydrogens (tertiary/aromatic N) is 2. The molecule has 16 heteroatoms. The number of hydrogen-bond donors (Lipinski definition) is 2. The minimum Gasteiger partial charge on any atom is -0.491 e. The van der Waals surface area contributed by atoms with Crippen molar-refractivity contribution in [3.63, 3.8) is 0 Å². The Kier molecular flexibility index (Phi) is 13.2. The number of amides is 3. The molecule has 63 heavy (non-hydrogen) atoms. The van der Waals surface area contributed by atoms with Crippen molar-refractivity contribution in [2.45, 2.75) is 36.1 Å². The summed E-state index contributed by atoms with van der Waals surface area (Å²) < 4.78 is 32.4. The van der Waals surface area contributed by atoms with Crippen molar-refractivity contribution in [3.8, 4) is 17.6 Å². The Bertz CT molecular complexity index is 2440. The second-order valence-corrected chi connectivity index (χ2v) is 14.9. The van der Waals surface area contributed by atoms with Crippen LogP contribution in [0.2, 0.25) is 0 Å². The van der Waals surface area contributed by atoms with Crippen molar-refractivity contribution in [1.29, 1.82) is 0 Å². The fraction of sp³-hybridized carbons (Fsp3) is 0.319. The molecule has 0 unspecified atom stereocenters. The third kappa shape index (κ3) is 7.98. The highest BCUT2D eigenvalue weighted by Crippen LogP contribution is 2.66. The van der Waals surface area contributed by atoms with E-state index in [0.717, 1.165) is 19.1 Å². The topological polar surface area (TPSA) is 211 Å². The van der Waals surface area contributed by atoms with E-state index in [1.807, 2.05) is 48.5 Å². The number of carbonyl (C=O) groups is 6. The Morgan fingerprint density at radius 1 is 0.810 bits per heavy atom. The highest BCUT2D eigenvalue weighted by Gasteiger charge is 2.75. The Morgan fingerprint density at radius 2 is 1.48 bits per heavy atom. The maximum absolute atomic E-state index is 15.9. The second-order valence-electron chi connectivity index (χ2n) is 14.9. The van der Waals surface area contributed by atoms with Gasteiger partial charge in [-0.3, -0.25) is 28.9 Å². The lowest BCUT2D eigenvalue weighted by Crippen LogP contribution is -2.55. The number of morpholine rings is 1. The molecule has 3 amide bonds. The number of anilines is 1. The van der Waals surface area contributed by atoms with Gasteiger partial charge in [0, 0.05) is 19.1 Å². The lowest BCUT2D eigenvalue weighted by Gasteiger charge is -2.46. The molecular formula is C47H45N3O13. The van der Waals surface area contributed by atoms with Gasteiger partial charge in [-0.15, -0.1) is 0 Å². The lowest BCUT2D eigenvalue weighted by atomic mass is 9.65. The number of carbonyl (C=O) groups excluding carboxylic acids is 6. The van der Waals surface area contributed by atoms with E-state index < -0.39 is 77.3 Å². The van der Waals surface area contributed by atoms with Crippen LogP contribution < -0.4 is 15.4 Å². The number of rotatable bonds is 13. The molecular weight excluding hydrogens is 815 g/mol. The minimum absolute atomic E-state index is 0.00688. The zero-order chi connectivity index (χ0) is 44.8. The van der Waals surface area contributed by atoms with Crippen LogP contribution >= 0.6 is 0 Å². The minimum atomic E-state index is -2.17. The molecule has 1 spiro atoms. The Hall–Kier alpha value is -7.06. The Balaban J connectivity index is 1.53. The molecule has 2 saturated heterocycles. The van der Waals surface area contributed by atoms with E-state index in [1.165, 1.54) is 25.3 Å². The summed E-state index contributed by atoms with van der Waals surface area (Å²) in [6.07, 6.45) is -2.35. The molecule has 0 aliphatic carbocycles. The SMILES string of the molecule is COCCOC(=O)N1C(=O)[C@@]2(c3cc(C#CCC(C(=O)OC)C(=O)OC)ccc31)[C@H](C(N)=O)[C@H]1C(=O)O[C@H](c3ccccc3)[C@H](c3ccccc3)N1[C@@H]2c1cccc(OCCO)c1. The highest BCUT2D eigenvalue weighted by molar-refractivity contribution is 6.23. The molecule has 3 aliphatic heterocycles. The van der Waals surface area contributed by atoms with E-state index in [9.17, 15) is 29.1 Å². The van der Waals surface area contributed by atoms with Crippen LogP contribution in [0.4, 0.5) is 10.5 Å². The van der Waals surface area contributed by atoms with Crippen LogP contribution in [0, 0.1) is 23.7 Å². The zero-order valence-corrected chi connectivity index (χ0v) is 34.6. The summed E-state index contributed by atoms with van der Waals surface area (Å²) in [5, 5.41) is 9.66. The number of aliphatic hydroxyl groups excluding tert-OH is 1. The molecule has 4 aromatic rings. The van der Waals surface area contributed by atoms with Gasteiger partial charge >= 0.3 is 24.0 Å². The summed E-state index contributed by atoms with van der Waals surface area (Å²) >= 11 is 0. The molecule has 0 aromatic heterocycles. The van der Waals surface area contributed by atoms with Gasteiger partial charge in [0.05, 0.1) is 51.1 Å². The maximum atomic E-state index is 15.9. The molecule has 0 saturated carbocycles. The number of benzene rings is 4. The lowest BCUT2D eigenvalue weighted by molar-refractivity contribution is -0.178. The summed E-state index contributed by atoms with van der Waals surface area (Å²) in [5.74, 6) is -1.47. The number of hydrogen-bond acceptors (Lipinski definition) is 14. The van der Waals surface area contributed by atoms with Crippen LogP contribution in [-0.4, -0.2) is 99.6 Å². The molecule has 3 aliphatic rings. The highest BCUT2D eigenvalue weighted by atomic mass is 16.6. The number of esters is 3. The molecule has 7 rings (SSSR count). The smallest absolute Gasteiger partial charge is 0.421 e. The molecule has 0 bridgehead atoms. The van der Waals surface area contributed by atoms with E-state index in [0.29, 0.717) is 22.4 Å². The number of ether oxygens (including phenoxy) is 6. The standard InChI is InChI=1S/C47H45N3O13/c1-58-24-25-62-46(57)49-35-21-20-28(12-10-19-33(42(53)59-2)43(54)60-3)26-34(35)47(45(49)56)36(41(48)52)38-44(55)63-39(30-15-8-5-9-16-30)37(29-13-6-4-7-14-29)50(38)40(47)31-17-11-18-32(27-31)61-23-22-51/h4-9,11,13-18,20-21,26-27,33,36-40,51H,19,22-25H2,1-3H3,(H2,48,52)/t36-,37-,38-,39+,40+,47-/m0/s1. The number of imide groups is 1. The largest absolute Gasteiger partial charge is 0.491 e. The summed E-state index contributed by atoms with van der Waals surface area (Å²) in [5.41, 5.74) is 6.34. The summed E-state index contributed by atoms with van der Waals surface area (Å²) in [6, 6.07) is 25.8. The third-order valence-corrected chi connectivity index (χ3v) is 11.5. The van der Waals surface area contributed by atoms with Crippen LogP contribution in [0.5, 0.6) is 5.75 Å². The van der Waals surface area contributed by atoms with Crippen LogP contribution in [0.1, 0.15) is 52.4 Å². The van der Waals surface area contributed by atoms with Gasteiger partial charge in [-0.25, -0.2) is 9.69 Å². The van der Waals surface area contributed by atoms with Gasteiger partial charge in [-0.2, -0.15) is 0 Å². The molecule has 326 valence electrons. The molecule has 6 atom stereocenters. The van der Waals surface area contributed by atoms with Crippen LogP contribution in [0.3, 0.4) is 0 Å². The fourth-order valence-corrected chi connectivity index (χ4v) is 9.01. The molecule has 16 nitrogen and oxygen atoms in total. The Labute approximate surface area is 362 Å². The van der Waals surface area contributed by atoms with Gasteiger partial charge in [0.1, 0.15) is 36.5 Å². The first-order chi connectivity index (χ1) is 30.5. The van der Waals surface area contributed by atoms with Crippen molar-refractivity contribution in [2.75, 3.05) is 52.7 Å². The number of aliphatic hydroxyl groups is 1. The van der Waals surface area contributed by atoms with E-state index >= 15 is 4.79 Å². The first-order valence-electron chi connectivity index (χ1n) is 20.0. The van der Waals surface area contributed by atoms with Gasteiger partial charge in [-0.1, -0.05) is 84.6 Å². The van der Waals surface area contributed by atoms with Crippen molar-refractivity contribution in [2.24, 2.45) is 17.6 Å². The Morgan fingerprint density at radius 3 is 2.11 bits per heavy atom. The maximum Gasteiger partial charge on any atom is 0.421 e. The van der Waals surface area contributed by atoms with Gasteiger partial charge in [-0.05, 0) is 52.6 Å². The van der Waals surface area contributed by atoms with Crippen molar-refractivity contribution < 1.29 is 62.3 Å². The number of methoxy groups -OCH3 is 3. The fourth-order valence-electron chi connectivity index (χ4n) is 9.01. The number of fused-ring (bicyclic) bond motifs is 3. The van der Waals surface area contributed by atoms with Crippen molar-refractivity contribution in [3.05, 3.63) is 131 Å². The normalized spacial score (nSPS) is 22.4. The van der Waals surface area contributed by atoms with Gasteiger partial charge in [0.15, 0.2) is 5.92 Å². The summed E-state index contributed by atoms with van der Waals surface area (Å²) in [6.45, 7) is -0.587. The van der Waals surface area contributed by atoms with Crippen molar-refractivity contribution >= 4 is 41.5 Å². The van der Waals surface area contributed by atoms with Crippen molar-refractivity contribution in [1.82, 2.24) is 4.90 Å². The predicted octanol–water partition coefficient (Wildman–Crippen LogP) is 3.70. The van der Waals surface area contributed by atoms with Crippen LogP contribution in [0.25, 0.3) is 0 Å². The monoisotopic (exact) mass is 859 g/mol. The molecule has 0 radical (unpaired) electrons. The first-order valence-corrected chi connectivity index (χ1v) is 20.0. The van der Waals surface area contributed by atoms with Gasteiger partial charge in [0.2, 0.25) is 11.8 Å². The molecule has 2 fully saturated rings. The predicted molar refractivity (Wildman–Crippen MR) is 222 cm³/mol. The van der Waals surface area contributed by atoms with E-state index in [-0.39, 0.29) is 49.7 Å². The van der Waals surface area contributed by atoms with E-state index in [1.54, 1.807) is 41.3 Å². The quantitative estimate of drug-likeness (QED) is 0.0646. The van der Waals surface area contributed by atoms with Crippen LogP contribution in [-0.2, 0) is 53.1 Å². The third-order valence-electron chi connectivity index (χ3n) is 11.5. The van der Waals surface area contributed by atoms with E-state index in [2.05, 4.69) is 11.8 Å². The number of nitrogens with two attached hydrogens (primary N) is 1. The average molecular weight is 860 g/mol. The molecule has 3 heterocycles. The van der Waals surface area contributed by atoms with Crippen LogP contribution in [0.15, 0.2) is 103 Å². The summed E-state index contributed by atoms with van der Waals surface area (Å²) in [4.78, 5) is 86.9. The second kappa shape index (κ2) is 18.9. The number of primary amides is 1. The van der Waals surface area contributed by atoms with Gasteiger partial charge < -0.3 is 39.3 Å².